The molecular weight excluding hydrogens is 629 g/mol. The lowest BCUT2D eigenvalue weighted by atomic mass is 9.69. The molecule has 1 heterocycles. The fourth-order valence-electron chi connectivity index (χ4n) is 9.31. The number of anilines is 3. The van der Waals surface area contributed by atoms with Gasteiger partial charge in [-0.2, -0.15) is 0 Å². The van der Waals surface area contributed by atoms with Crippen molar-refractivity contribution < 1.29 is 0 Å². The average molecular weight is 661 g/mol. The Morgan fingerprint density at radius 1 is 0.500 bits per heavy atom. The number of hydrogen-bond donors (Lipinski definition) is 0. The molecule has 11 rings (SSSR count). The van der Waals surface area contributed by atoms with Crippen molar-refractivity contribution in [1.82, 2.24) is 4.57 Å². The van der Waals surface area contributed by atoms with Crippen molar-refractivity contribution in [3.8, 4) is 28.7 Å². The number of benzene rings is 7. The summed E-state index contributed by atoms with van der Waals surface area (Å²) in [5.74, 6) is 6.77. The van der Waals surface area contributed by atoms with Crippen molar-refractivity contribution in [1.29, 1.82) is 0 Å². The second-order valence-corrected chi connectivity index (χ2v) is 13.9. The third-order valence-electron chi connectivity index (χ3n) is 11.3. The fraction of sp³-hybridized carbons (Fsp3) is 0.0400. The molecule has 3 aliphatic rings. The summed E-state index contributed by atoms with van der Waals surface area (Å²) in [4.78, 5) is 2.40. The fourth-order valence-corrected chi connectivity index (χ4v) is 9.31. The Hall–Kier alpha value is -6.82. The summed E-state index contributed by atoms with van der Waals surface area (Å²) in [5.41, 5.74) is 17.1. The molecule has 52 heavy (non-hydrogen) atoms. The molecule has 0 fully saturated rings. The van der Waals surface area contributed by atoms with E-state index in [2.05, 4.69) is 197 Å². The van der Waals surface area contributed by atoms with Gasteiger partial charge in [0.2, 0.25) is 0 Å². The van der Waals surface area contributed by atoms with Crippen LogP contribution in [0.5, 0.6) is 0 Å². The Morgan fingerprint density at radius 2 is 1.08 bits per heavy atom. The van der Waals surface area contributed by atoms with E-state index in [4.69, 9.17) is 0 Å². The van der Waals surface area contributed by atoms with Crippen LogP contribution in [0.15, 0.2) is 188 Å². The van der Waals surface area contributed by atoms with Crippen LogP contribution in [0.2, 0.25) is 0 Å². The molecule has 0 amide bonds. The van der Waals surface area contributed by atoms with E-state index in [9.17, 15) is 0 Å². The van der Waals surface area contributed by atoms with Crippen LogP contribution in [0.3, 0.4) is 0 Å². The summed E-state index contributed by atoms with van der Waals surface area (Å²) in [6, 6.07) is 62.3. The maximum Gasteiger partial charge on any atom is 0.0698 e. The van der Waals surface area contributed by atoms with E-state index in [-0.39, 0.29) is 0 Å². The van der Waals surface area contributed by atoms with Gasteiger partial charge in [-0.25, -0.2) is 0 Å². The highest BCUT2D eigenvalue weighted by atomic mass is 15.1. The number of para-hydroxylation sites is 3. The number of rotatable bonds is 4. The van der Waals surface area contributed by atoms with E-state index in [0.717, 1.165) is 29.2 Å². The van der Waals surface area contributed by atoms with Crippen molar-refractivity contribution in [3.05, 3.63) is 210 Å². The van der Waals surface area contributed by atoms with Crippen LogP contribution in [-0.2, 0) is 5.41 Å². The average Bonchev–Trinajstić information content (AvgIpc) is 3.70. The molecule has 1 spiro atoms. The van der Waals surface area contributed by atoms with Gasteiger partial charge in [-0.1, -0.05) is 121 Å². The molecule has 1 atom stereocenters. The summed E-state index contributed by atoms with van der Waals surface area (Å²) >= 11 is 0. The van der Waals surface area contributed by atoms with E-state index >= 15 is 0 Å². The predicted molar refractivity (Wildman–Crippen MR) is 216 cm³/mol. The van der Waals surface area contributed by atoms with E-state index in [1.165, 1.54) is 66.3 Å². The monoisotopic (exact) mass is 660 g/mol. The normalized spacial score (nSPS) is 16.3. The lowest BCUT2D eigenvalue weighted by Gasteiger charge is -2.33. The Bertz CT molecular complexity index is 2820. The van der Waals surface area contributed by atoms with E-state index in [0.29, 0.717) is 0 Å². The second-order valence-electron chi connectivity index (χ2n) is 13.9. The lowest BCUT2D eigenvalue weighted by molar-refractivity contribution is 0.750. The molecule has 0 saturated heterocycles. The molecular formula is C50H32N2. The van der Waals surface area contributed by atoms with Crippen LogP contribution in [0.25, 0.3) is 44.2 Å². The molecule has 1 unspecified atom stereocenters. The first-order valence-corrected chi connectivity index (χ1v) is 18.0. The zero-order chi connectivity index (χ0) is 34.2. The molecule has 0 saturated carbocycles. The van der Waals surface area contributed by atoms with Crippen LogP contribution in [0, 0.1) is 11.8 Å². The van der Waals surface area contributed by atoms with E-state index in [1.54, 1.807) is 0 Å². The molecule has 2 heteroatoms. The first-order valence-electron chi connectivity index (χ1n) is 18.0. The molecule has 0 N–H and O–H groups in total. The van der Waals surface area contributed by atoms with Crippen molar-refractivity contribution in [2.75, 3.05) is 4.90 Å². The number of hydrogen-bond acceptors (Lipinski definition) is 1. The minimum atomic E-state index is -0.417. The number of nitrogens with zero attached hydrogens (tertiary/aromatic N) is 2. The van der Waals surface area contributed by atoms with E-state index < -0.39 is 5.41 Å². The molecule has 242 valence electrons. The van der Waals surface area contributed by atoms with Crippen LogP contribution in [0.1, 0.15) is 28.7 Å². The third-order valence-corrected chi connectivity index (χ3v) is 11.3. The molecule has 0 radical (unpaired) electrons. The Kier molecular flexibility index (Phi) is 6.18. The second kappa shape index (κ2) is 11.1. The predicted octanol–water partition coefficient (Wildman–Crippen LogP) is 12.3. The van der Waals surface area contributed by atoms with Crippen LogP contribution in [0.4, 0.5) is 17.1 Å². The van der Waals surface area contributed by atoms with Gasteiger partial charge in [0.25, 0.3) is 0 Å². The molecule has 0 bridgehead atoms. The summed E-state index contributed by atoms with van der Waals surface area (Å²) in [6.45, 7) is 0. The summed E-state index contributed by atoms with van der Waals surface area (Å²) < 4.78 is 2.38. The van der Waals surface area contributed by atoms with Gasteiger partial charge in [0.05, 0.1) is 16.4 Å². The molecule has 3 aliphatic carbocycles. The Balaban J connectivity index is 1.12. The zero-order valence-electron chi connectivity index (χ0n) is 28.4. The molecule has 2 nitrogen and oxygen atoms in total. The Morgan fingerprint density at radius 3 is 1.83 bits per heavy atom. The van der Waals surface area contributed by atoms with Crippen LogP contribution < -0.4 is 4.90 Å². The highest BCUT2D eigenvalue weighted by Gasteiger charge is 2.52. The smallest absolute Gasteiger partial charge is 0.0698 e. The maximum absolute atomic E-state index is 3.49. The van der Waals surface area contributed by atoms with Crippen molar-refractivity contribution in [3.63, 3.8) is 0 Å². The summed E-state index contributed by atoms with van der Waals surface area (Å²) in [5, 5.41) is 2.53. The SMILES string of the molecule is C1#CCC2=C(C=C1)c1ccccc1C21c2ccccc2-c2ccc(N(c3ccccc3)c3ccc(-n4c5ccccc5c5ccccc54)cc3)cc21. The topological polar surface area (TPSA) is 8.17 Å². The third kappa shape index (κ3) is 3.91. The number of allylic oxidation sites excluding steroid dienone is 4. The minimum Gasteiger partial charge on any atom is -0.310 e. The molecule has 7 aromatic carbocycles. The highest BCUT2D eigenvalue weighted by molar-refractivity contribution is 6.09. The Labute approximate surface area is 303 Å². The zero-order valence-corrected chi connectivity index (χ0v) is 28.4. The van der Waals surface area contributed by atoms with Gasteiger partial charge < -0.3 is 9.47 Å². The lowest BCUT2D eigenvalue weighted by Crippen LogP contribution is -2.27. The maximum atomic E-state index is 3.49. The van der Waals surface area contributed by atoms with Gasteiger partial charge in [0, 0.05) is 39.9 Å². The van der Waals surface area contributed by atoms with Crippen molar-refractivity contribution in [2.45, 2.75) is 11.8 Å². The summed E-state index contributed by atoms with van der Waals surface area (Å²) in [6.07, 6.45) is 4.99. The minimum absolute atomic E-state index is 0.417. The van der Waals surface area contributed by atoms with Crippen LogP contribution in [-0.4, -0.2) is 4.57 Å². The van der Waals surface area contributed by atoms with E-state index in [1.807, 2.05) is 6.08 Å². The van der Waals surface area contributed by atoms with Gasteiger partial charge in [0.1, 0.15) is 0 Å². The molecule has 8 aromatic rings. The van der Waals surface area contributed by atoms with Gasteiger partial charge in [-0.3, -0.25) is 0 Å². The van der Waals surface area contributed by atoms with Crippen molar-refractivity contribution >= 4 is 44.4 Å². The summed E-state index contributed by atoms with van der Waals surface area (Å²) in [7, 11) is 0. The quantitative estimate of drug-likeness (QED) is 0.171. The first kappa shape index (κ1) is 29.0. The van der Waals surface area contributed by atoms with Gasteiger partial charge in [0.15, 0.2) is 0 Å². The van der Waals surface area contributed by atoms with Gasteiger partial charge >= 0.3 is 0 Å². The number of fused-ring (bicyclic) bond motifs is 12. The highest BCUT2D eigenvalue weighted by Crippen LogP contribution is 2.63. The molecule has 1 aromatic heterocycles. The largest absolute Gasteiger partial charge is 0.310 e. The van der Waals surface area contributed by atoms with Crippen molar-refractivity contribution in [2.24, 2.45) is 0 Å². The molecule has 0 aliphatic heterocycles. The first-order chi connectivity index (χ1) is 25.8. The van der Waals surface area contributed by atoms with Gasteiger partial charge in [-0.15, -0.1) is 0 Å². The standard InChI is InChI=1S/C50H32N2/c1-3-15-34(16-4-1)51(35-27-29-36(30-28-35)52-48-25-13-9-20-42(48)43-21-10-14-26-49(43)52)37-31-32-41-40-19-8-12-24-46(40)50(47(41)33-37)44-22-6-2-5-17-38(44)39-18-7-11-23-45(39)50/h1,3-5,7-21,23-33H,22H2. The van der Waals surface area contributed by atoms with Gasteiger partial charge in [-0.05, 0) is 117 Å². The number of aromatic nitrogens is 1. The van der Waals surface area contributed by atoms with Crippen LogP contribution >= 0.6 is 0 Å².